The monoisotopic (exact) mass is 236 g/mol. The van der Waals surface area contributed by atoms with Gasteiger partial charge in [-0.2, -0.15) is 0 Å². The molecule has 0 bridgehead atoms. The highest BCUT2D eigenvalue weighted by atomic mass is 79.9. The first-order valence-corrected chi connectivity index (χ1v) is 5.46. The van der Waals surface area contributed by atoms with Crippen molar-refractivity contribution in [2.75, 3.05) is 0 Å². The molecule has 1 aliphatic rings. The van der Waals surface area contributed by atoms with Crippen molar-refractivity contribution in [3.8, 4) is 0 Å². The molecule has 2 rings (SSSR count). The molecule has 0 heterocycles. The summed E-state index contributed by atoms with van der Waals surface area (Å²) < 4.78 is 0. The smallest absolute Gasteiger partial charge is 0.0613 e. The lowest BCUT2D eigenvalue weighted by Crippen LogP contribution is -1.88. The maximum absolute atomic E-state index is 3.72. The molecule has 0 aromatic heterocycles. The molecular weight excluding hydrogens is 224 g/mol. The van der Waals surface area contributed by atoms with Crippen LogP contribution in [0, 0.1) is 6.92 Å². The fraction of sp³-hybridized carbons (Fsp3) is 0.333. The van der Waals surface area contributed by atoms with Gasteiger partial charge >= 0.3 is 0 Å². The number of hydrogen-bond donors (Lipinski definition) is 0. The Morgan fingerprint density at radius 2 is 1.85 bits per heavy atom. The molecule has 1 heteroatoms. The van der Waals surface area contributed by atoms with E-state index in [9.17, 15) is 0 Å². The largest absolute Gasteiger partial charge is 0.0790 e. The first-order chi connectivity index (χ1) is 6.13. The average molecular weight is 237 g/mol. The number of hydrogen-bond acceptors (Lipinski definition) is 0. The van der Waals surface area contributed by atoms with Crippen LogP contribution in [0.2, 0.25) is 0 Å². The molecule has 1 aromatic rings. The number of benzene rings is 1. The zero-order chi connectivity index (χ0) is 9.59. The standard InChI is InChI=1S/C12H13Br/c1-7-5-4-6-10-11(7)8(2)9(3)12(10)13/h4-6,12H,1-3H3. The van der Waals surface area contributed by atoms with E-state index < -0.39 is 0 Å². The molecule has 13 heavy (non-hydrogen) atoms. The molecule has 0 N–H and O–H groups in total. The van der Waals surface area contributed by atoms with Gasteiger partial charge < -0.3 is 0 Å². The third kappa shape index (κ3) is 1.18. The second-order valence-electron chi connectivity index (χ2n) is 3.71. The minimum atomic E-state index is 0.433. The molecule has 68 valence electrons. The highest BCUT2D eigenvalue weighted by Crippen LogP contribution is 2.45. The van der Waals surface area contributed by atoms with Gasteiger partial charge in [-0.3, -0.25) is 0 Å². The van der Waals surface area contributed by atoms with Gasteiger partial charge in [-0.1, -0.05) is 39.7 Å². The van der Waals surface area contributed by atoms with E-state index in [1.165, 1.54) is 27.8 Å². The maximum atomic E-state index is 3.72. The van der Waals surface area contributed by atoms with Crippen molar-refractivity contribution < 1.29 is 0 Å². The van der Waals surface area contributed by atoms with E-state index in [-0.39, 0.29) is 0 Å². The van der Waals surface area contributed by atoms with Crippen LogP contribution in [0.4, 0.5) is 0 Å². The Hall–Kier alpha value is -0.560. The molecule has 1 unspecified atom stereocenters. The van der Waals surface area contributed by atoms with Gasteiger partial charge in [-0.05, 0) is 43.0 Å². The van der Waals surface area contributed by atoms with Gasteiger partial charge in [0.2, 0.25) is 0 Å². The van der Waals surface area contributed by atoms with Crippen molar-refractivity contribution in [1.29, 1.82) is 0 Å². The van der Waals surface area contributed by atoms with Crippen LogP contribution < -0.4 is 0 Å². The summed E-state index contributed by atoms with van der Waals surface area (Å²) in [5, 5.41) is 0. The van der Waals surface area contributed by atoms with Crippen LogP contribution in [0.1, 0.15) is 35.4 Å². The van der Waals surface area contributed by atoms with Gasteiger partial charge in [0.05, 0.1) is 4.83 Å². The topological polar surface area (TPSA) is 0 Å². The van der Waals surface area contributed by atoms with E-state index in [0.29, 0.717) is 4.83 Å². The number of halogens is 1. The molecule has 0 fully saturated rings. The van der Waals surface area contributed by atoms with Crippen molar-refractivity contribution in [2.24, 2.45) is 0 Å². The van der Waals surface area contributed by atoms with E-state index in [1.807, 2.05) is 0 Å². The summed E-state index contributed by atoms with van der Waals surface area (Å²) in [5.74, 6) is 0. The van der Waals surface area contributed by atoms with E-state index >= 15 is 0 Å². The molecule has 0 spiro atoms. The SMILES string of the molecule is CC1=C(C)C(Br)c2cccc(C)c21. The van der Waals surface area contributed by atoms with Crippen LogP contribution in [-0.4, -0.2) is 0 Å². The van der Waals surface area contributed by atoms with Crippen molar-refractivity contribution >= 4 is 21.5 Å². The summed E-state index contributed by atoms with van der Waals surface area (Å²) in [5.41, 5.74) is 7.15. The highest BCUT2D eigenvalue weighted by molar-refractivity contribution is 9.09. The minimum absolute atomic E-state index is 0.433. The van der Waals surface area contributed by atoms with Gasteiger partial charge in [-0.25, -0.2) is 0 Å². The summed E-state index contributed by atoms with van der Waals surface area (Å²) in [6.45, 7) is 6.59. The summed E-state index contributed by atoms with van der Waals surface area (Å²) in [4.78, 5) is 0.433. The van der Waals surface area contributed by atoms with Crippen molar-refractivity contribution in [1.82, 2.24) is 0 Å². The second-order valence-corrected chi connectivity index (χ2v) is 4.63. The van der Waals surface area contributed by atoms with Crippen molar-refractivity contribution in [3.05, 3.63) is 40.5 Å². The average Bonchev–Trinajstić information content (AvgIpc) is 2.33. The molecule has 0 saturated carbocycles. The Morgan fingerprint density at radius 1 is 1.15 bits per heavy atom. The molecule has 0 amide bonds. The van der Waals surface area contributed by atoms with Crippen LogP contribution in [0.3, 0.4) is 0 Å². The van der Waals surface area contributed by atoms with Gasteiger partial charge in [0.25, 0.3) is 0 Å². The number of aryl methyl sites for hydroxylation is 1. The highest BCUT2D eigenvalue weighted by Gasteiger charge is 2.24. The lowest BCUT2D eigenvalue weighted by atomic mass is 10.0. The van der Waals surface area contributed by atoms with Crippen LogP contribution in [0.15, 0.2) is 23.8 Å². The van der Waals surface area contributed by atoms with Gasteiger partial charge in [0, 0.05) is 0 Å². The molecule has 1 atom stereocenters. The van der Waals surface area contributed by atoms with Gasteiger partial charge in [0.15, 0.2) is 0 Å². The maximum Gasteiger partial charge on any atom is 0.0613 e. The molecule has 1 aromatic carbocycles. The summed E-state index contributed by atoms with van der Waals surface area (Å²) in [6.07, 6.45) is 0. The first-order valence-electron chi connectivity index (χ1n) is 4.54. The van der Waals surface area contributed by atoms with Crippen LogP contribution >= 0.6 is 15.9 Å². The molecule has 0 radical (unpaired) electrons. The molecule has 0 saturated heterocycles. The zero-order valence-corrected chi connectivity index (χ0v) is 9.77. The van der Waals surface area contributed by atoms with E-state index in [1.54, 1.807) is 0 Å². The minimum Gasteiger partial charge on any atom is -0.0790 e. The quantitative estimate of drug-likeness (QED) is 0.592. The molecular formula is C12H13Br. The Labute approximate surface area is 87.8 Å². The van der Waals surface area contributed by atoms with Crippen molar-refractivity contribution in [2.45, 2.75) is 25.6 Å². The van der Waals surface area contributed by atoms with E-state index in [2.05, 4.69) is 54.9 Å². The first kappa shape index (κ1) is 9.01. The number of allylic oxidation sites excluding steroid dienone is 2. The predicted octanol–water partition coefficient (Wildman–Crippen LogP) is 4.24. The van der Waals surface area contributed by atoms with Crippen LogP contribution in [-0.2, 0) is 0 Å². The van der Waals surface area contributed by atoms with E-state index in [4.69, 9.17) is 0 Å². The second kappa shape index (κ2) is 2.98. The van der Waals surface area contributed by atoms with Crippen LogP contribution in [0.5, 0.6) is 0 Å². The third-order valence-electron chi connectivity index (χ3n) is 2.92. The fourth-order valence-corrected chi connectivity index (χ4v) is 2.76. The van der Waals surface area contributed by atoms with Crippen molar-refractivity contribution in [3.63, 3.8) is 0 Å². The Morgan fingerprint density at radius 3 is 2.46 bits per heavy atom. The molecule has 1 aliphatic carbocycles. The third-order valence-corrected chi connectivity index (χ3v) is 4.10. The normalized spacial score (nSPS) is 20.8. The number of rotatable bonds is 0. The Balaban J connectivity index is 2.72. The fourth-order valence-electron chi connectivity index (χ4n) is 2.03. The summed E-state index contributed by atoms with van der Waals surface area (Å²) in [6, 6.07) is 6.52. The predicted molar refractivity (Wildman–Crippen MR) is 61.1 cm³/mol. The number of fused-ring (bicyclic) bond motifs is 1. The lowest BCUT2D eigenvalue weighted by Gasteiger charge is -2.06. The molecule has 0 aliphatic heterocycles. The lowest BCUT2D eigenvalue weighted by molar-refractivity contribution is 1.17. The Kier molecular flexibility index (Phi) is 2.07. The summed E-state index contributed by atoms with van der Waals surface area (Å²) >= 11 is 3.72. The number of alkyl halides is 1. The van der Waals surface area contributed by atoms with Gasteiger partial charge in [-0.15, -0.1) is 0 Å². The molecule has 0 nitrogen and oxygen atoms in total. The Bertz CT molecular complexity index is 388. The summed E-state index contributed by atoms with van der Waals surface area (Å²) in [7, 11) is 0. The van der Waals surface area contributed by atoms with E-state index in [0.717, 1.165) is 0 Å². The van der Waals surface area contributed by atoms with Crippen LogP contribution in [0.25, 0.3) is 5.57 Å². The zero-order valence-electron chi connectivity index (χ0n) is 8.19. The van der Waals surface area contributed by atoms with Gasteiger partial charge in [0.1, 0.15) is 0 Å².